The van der Waals surface area contributed by atoms with Gasteiger partial charge in [-0.15, -0.1) is 11.8 Å². The van der Waals surface area contributed by atoms with Gasteiger partial charge in [-0.1, -0.05) is 30.3 Å². The first kappa shape index (κ1) is 14.8. The zero-order chi connectivity index (χ0) is 15.4. The van der Waals surface area contributed by atoms with Crippen LogP contribution in [0.4, 0.5) is 5.95 Å². The normalized spacial score (nSPS) is 14.6. The first-order valence-corrected chi connectivity index (χ1v) is 8.30. The number of aromatic nitrogens is 2. The second-order valence-electron chi connectivity index (χ2n) is 4.83. The predicted octanol–water partition coefficient (Wildman–Crippen LogP) is 2.57. The molecule has 0 unspecified atom stereocenters. The number of nitrogens with zero attached hydrogens (tertiary/aromatic N) is 4. The highest BCUT2D eigenvalue weighted by Crippen LogP contribution is 2.30. The van der Waals surface area contributed by atoms with E-state index in [1.54, 1.807) is 0 Å². The van der Waals surface area contributed by atoms with Gasteiger partial charge in [0.05, 0.1) is 18.9 Å². The molecule has 1 fully saturated rings. The summed E-state index contributed by atoms with van der Waals surface area (Å²) in [5.41, 5.74) is 2.17. The van der Waals surface area contributed by atoms with Crippen molar-refractivity contribution in [2.75, 3.05) is 37.5 Å². The van der Waals surface area contributed by atoms with Gasteiger partial charge in [0, 0.05) is 18.7 Å². The number of nitriles is 1. The van der Waals surface area contributed by atoms with Gasteiger partial charge >= 0.3 is 0 Å². The largest absolute Gasteiger partial charge is 0.378 e. The fraction of sp³-hybridized carbons (Fsp3) is 0.312. The van der Waals surface area contributed by atoms with Crippen LogP contribution in [0.3, 0.4) is 0 Å². The summed E-state index contributed by atoms with van der Waals surface area (Å²) in [5, 5.41) is 10.2. The zero-order valence-corrected chi connectivity index (χ0v) is 13.1. The lowest BCUT2D eigenvalue weighted by atomic mass is 10.1. The van der Waals surface area contributed by atoms with E-state index in [9.17, 15) is 5.26 Å². The molecule has 0 atom stereocenters. The standard InChI is InChI=1S/C16H16N4OS/c1-22-15-13(11-17)14(12-5-3-2-4-6-12)18-16(19-15)20-7-9-21-10-8-20/h2-6H,7-10H2,1H3. The predicted molar refractivity (Wildman–Crippen MR) is 87.0 cm³/mol. The van der Waals surface area contributed by atoms with Crippen LogP contribution in [0, 0.1) is 11.3 Å². The van der Waals surface area contributed by atoms with Gasteiger partial charge < -0.3 is 9.64 Å². The molecule has 3 rings (SSSR count). The molecule has 1 saturated heterocycles. The minimum absolute atomic E-state index is 0.538. The third-order valence-electron chi connectivity index (χ3n) is 3.51. The average molecular weight is 312 g/mol. The summed E-state index contributed by atoms with van der Waals surface area (Å²) in [6.45, 7) is 2.90. The molecule has 1 aromatic carbocycles. The van der Waals surface area contributed by atoms with Crippen molar-refractivity contribution in [2.45, 2.75) is 5.03 Å². The van der Waals surface area contributed by atoms with Gasteiger partial charge in [-0.25, -0.2) is 9.97 Å². The molecular formula is C16H16N4OS. The van der Waals surface area contributed by atoms with Crippen LogP contribution in [0.1, 0.15) is 5.56 Å². The fourth-order valence-electron chi connectivity index (χ4n) is 2.39. The van der Waals surface area contributed by atoms with Crippen LogP contribution in [0.15, 0.2) is 35.4 Å². The molecular weight excluding hydrogens is 296 g/mol. The number of benzene rings is 1. The summed E-state index contributed by atoms with van der Waals surface area (Å²) < 4.78 is 5.38. The van der Waals surface area contributed by atoms with Gasteiger partial charge in [-0.05, 0) is 6.26 Å². The summed E-state index contributed by atoms with van der Waals surface area (Å²) >= 11 is 1.48. The maximum Gasteiger partial charge on any atom is 0.227 e. The smallest absolute Gasteiger partial charge is 0.227 e. The van der Waals surface area contributed by atoms with Crippen LogP contribution in [0.25, 0.3) is 11.3 Å². The first-order chi connectivity index (χ1) is 10.8. The summed E-state index contributed by atoms with van der Waals surface area (Å²) in [7, 11) is 0. The molecule has 0 N–H and O–H groups in total. The molecule has 2 heterocycles. The molecule has 1 aromatic heterocycles. The molecule has 2 aromatic rings. The number of rotatable bonds is 3. The number of morpholine rings is 1. The van der Waals surface area contributed by atoms with Crippen molar-refractivity contribution >= 4 is 17.7 Å². The van der Waals surface area contributed by atoms with E-state index in [1.807, 2.05) is 36.6 Å². The Morgan fingerprint density at radius 3 is 2.55 bits per heavy atom. The van der Waals surface area contributed by atoms with Crippen LogP contribution in [-0.2, 0) is 4.74 Å². The van der Waals surface area contributed by atoms with Gasteiger partial charge in [0.1, 0.15) is 16.7 Å². The van der Waals surface area contributed by atoms with Crippen molar-refractivity contribution in [1.82, 2.24) is 9.97 Å². The molecule has 0 amide bonds. The Labute approximate surface area is 134 Å². The number of ether oxygens (including phenoxy) is 1. The van der Waals surface area contributed by atoms with E-state index in [0.29, 0.717) is 30.4 Å². The maximum absolute atomic E-state index is 9.52. The highest BCUT2D eigenvalue weighted by Gasteiger charge is 2.20. The maximum atomic E-state index is 9.52. The molecule has 22 heavy (non-hydrogen) atoms. The van der Waals surface area contributed by atoms with E-state index < -0.39 is 0 Å². The van der Waals surface area contributed by atoms with E-state index in [4.69, 9.17) is 4.74 Å². The molecule has 112 valence electrons. The van der Waals surface area contributed by atoms with Crippen molar-refractivity contribution in [3.63, 3.8) is 0 Å². The zero-order valence-electron chi connectivity index (χ0n) is 12.3. The highest BCUT2D eigenvalue weighted by molar-refractivity contribution is 7.98. The van der Waals surface area contributed by atoms with Gasteiger partial charge in [0.2, 0.25) is 5.95 Å². The number of thioether (sulfide) groups is 1. The molecule has 0 saturated carbocycles. The lowest BCUT2D eigenvalue weighted by Gasteiger charge is -2.27. The van der Waals surface area contributed by atoms with Crippen molar-refractivity contribution < 1.29 is 4.74 Å². The van der Waals surface area contributed by atoms with Gasteiger partial charge in [0.15, 0.2) is 0 Å². The third-order valence-corrected chi connectivity index (χ3v) is 4.19. The molecule has 1 aliphatic rings. The molecule has 6 heteroatoms. The van der Waals surface area contributed by atoms with E-state index in [1.165, 1.54) is 11.8 Å². The lowest BCUT2D eigenvalue weighted by molar-refractivity contribution is 0.122. The van der Waals surface area contributed by atoms with Crippen LogP contribution in [0.5, 0.6) is 0 Å². The topological polar surface area (TPSA) is 62.0 Å². The summed E-state index contributed by atoms with van der Waals surface area (Å²) in [4.78, 5) is 11.3. The molecule has 0 aliphatic carbocycles. The van der Waals surface area contributed by atoms with E-state index in [2.05, 4.69) is 20.9 Å². The third kappa shape index (κ3) is 2.91. The van der Waals surface area contributed by atoms with Crippen LogP contribution < -0.4 is 4.90 Å². The summed E-state index contributed by atoms with van der Waals surface area (Å²) in [6, 6.07) is 12.0. The SMILES string of the molecule is CSc1nc(N2CCOCC2)nc(-c2ccccc2)c1C#N. The van der Waals surface area contributed by atoms with Crippen molar-refractivity contribution in [1.29, 1.82) is 5.26 Å². The van der Waals surface area contributed by atoms with Crippen molar-refractivity contribution in [3.05, 3.63) is 35.9 Å². The fourth-order valence-corrected chi connectivity index (χ4v) is 2.91. The Balaban J connectivity index is 2.12. The second-order valence-corrected chi connectivity index (χ2v) is 5.63. The van der Waals surface area contributed by atoms with E-state index in [-0.39, 0.29) is 0 Å². The summed E-state index contributed by atoms with van der Waals surface area (Å²) in [6.07, 6.45) is 1.93. The first-order valence-electron chi connectivity index (χ1n) is 7.07. The van der Waals surface area contributed by atoms with Gasteiger partial charge in [-0.3, -0.25) is 0 Å². The second kappa shape index (κ2) is 6.77. The number of hydrogen-bond acceptors (Lipinski definition) is 6. The molecule has 0 radical (unpaired) electrons. The van der Waals surface area contributed by atoms with E-state index >= 15 is 0 Å². The monoisotopic (exact) mass is 312 g/mol. The quantitative estimate of drug-likeness (QED) is 0.641. The summed E-state index contributed by atoms with van der Waals surface area (Å²) in [5.74, 6) is 0.672. The molecule has 5 nitrogen and oxygen atoms in total. The number of anilines is 1. The van der Waals surface area contributed by atoms with Crippen molar-refractivity contribution in [2.24, 2.45) is 0 Å². The minimum Gasteiger partial charge on any atom is -0.378 e. The van der Waals surface area contributed by atoms with E-state index in [0.717, 1.165) is 23.7 Å². The number of hydrogen-bond donors (Lipinski definition) is 0. The molecule has 1 aliphatic heterocycles. The Bertz CT molecular complexity index is 693. The minimum atomic E-state index is 0.538. The Kier molecular flexibility index (Phi) is 4.56. The van der Waals surface area contributed by atoms with Gasteiger partial charge in [-0.2, -0.15) is 5.26 Å². The molecule has 0 spiro atoms. The Morgan fingerprint density at radius 1 is 1.18 bits per heavy atom. The lowest BCUT2D eigenvalue weighted by Crippen LogP contribution is -2.37. The average Bonchev–Trinajstić information content (AvgIpc) is 2.62. The van der Waals surface area contributed by atoms with Crippen LogP contribution in [0.2, 0.25) is 0 Å². The van der Waals surface area contributed by atoms with Crippen LogP contribution >= 0.6 is 11.8 Å². The highest BCUT2D eigenvalue weighted by atomic mass is 32.2. The van der Waals surface area contributed by atoms with Gasteiger partial charge in [0.25, 0.3) is 0 Å². The Hall–Kier alpha value is -2.10. The van der Waals surface area contributed by atoms with Crippen LogP contribution in [-0.4, -0.2) is 42.5 Å². The van der Waals surface area contributed by atoms with Crippen molar-refractivity contribution in [3.8, 4) is 17.3 Å². The Morgan fingerprint density at radius 2 is 1.91 bits per heavy atom. The molecule has 0 bridgehead atoms.